The molecule has 0 saturated heterocycles. The van der Waals surface area contributed by atoms with Gasteiger partial charge in [0.25, 0.3) is 0 Å². The second kappa shape index (κ2) is 8.03. The maximum atomic E-state index is 4.76. The fraction of sp³-hybridized carbons (Fsp3) is 0.194. The van der Waals surface area contributed by atoms with E-state index in [-0.39, 0.29) is 0 Å². The summed E-state index contributed by atoms with van der Waals surface area (Å²) in [5, 5.41) is 8.36. The molecule has 0 bridgehead atoms. The van der Waals surface area contributed by atoms with E-state index in [1.54, 1.807) is 0 Å². The summed E-state index contributed by atoms with van der Waals surface area (Å²) in [6.07, 6.45) is 8.69. The van der Waals surface area contributed by atoms with E-state index in [1.165, 1.54) is 107 Å². The fourth-order valence-corrected chi connectivity index (χ4v) is 8.64. The van der Waals surface area contributed by atoms with Gasteiger partial charge < -0.3 is 4.40 Å². The van der Waals surface area contributed by atoms with Crippen molar-refractivity contribution in [1.29, 1.82) is 0 Å². The standard InChI is InChI=1S/C36H28N2S/c1-21-13-15-29(37-20-21)23-14-16-30-27(18-23)34-35-28(19-26-25-10-4-5-12-32(25)39-36(26)34)33-24(17-22-7-2-3-8-22)9-6-11-31(33)38(30)35/h4-6,9-16,18-20,22H,2-3,7-8,17H2,1H3. The van der Waals surface area contributed by atoms with Gasteiger partial charge in [-0.15, -0.1) is 11.3 Å². The Kier molecular flexibility index (Phi) is 4.52. The number of aromatic nitrogens is 2. The third-order valence-corrected chi connectivity index (χ3v) is 10.4. The first-order valence-corrected chi connectivity index (χ1v) is 15.0. The van der Waals surface area contributed by atoms with E-state index in [0.29, 0.717) is 0 Å². The number of rotatable bonds is 3. The van der Waals surface area contributed by atoms with Crippen LogP contribution in [0.1, 0.15) is 36.8 Å². The average molecular weight is 521 g/mol. The highest BCUT2D eigenvalue weighted by atomic mass is 32.1. The second-order valence-electron chi connectivity index (χ2n) is 11.6. The zero-order chi connectivity index (χ0) is 25.7. The van der Waals surface area contributed by atoms with E-state index in [2.05, 4.69) is 90.2 Å². The minimum Gasteiger partial charge on any atom is -0.308 e. The Balaban J connectivity index is 1.45. The third kappa shape index (κ3) is 3.05. The van der Waals surface area contributed by atoms with Crippen LogP contribution in [0.2, 0.25) is 0 Å². The first-order chi connectivity index (χ1) is 19.2. The number of fused-ring (bicyclic) bond motifs is 10. The Morgan fingerprint density at radius 2 is 1.69 bits per heavy atom. The molecule has 0 amide bonds. The van der Waals surface area contributed by atoms with E-state index < -0.39 is 0 Å². The number of pyridine rings is 1. The van der Waals surface area contributed by atoms with Crippen LogP contribution in [-0.4, -0.2) is 9.38 Å². The topological polar surface area (TPSA) is 17.3 Å². The zero-order valence-electron chi connectivity index (χ0n) is 22.0. The molecular weight excluding hydrogens is 492 g/mol. The summed E-state index contributed by atoms with van der Waals surface area (Å²) >= 11 is 1.94. The number of benzene rings is 4. The Bertz CT molecular complexity index is 2210. The molecule has 0 spiro atoms. The monoisotopic (exact) mass is 520 g/mol. The maximum Gasteiger partial charge on any atom is 0.0702 e. The number of thiophene rings is 1. The van der Waals surface area contributed by atoms with Crippen LogP contribution in [0.5, 0.6) is 0 Å². The van der Waals surface area contributed by atoms with Crippen LogP contribution >= 0.6 is 11.3 Å². The predicted octanol–water partition coefficient (Wildman–Crippen LogP) is 10.3. The summed E-state index contributed by atoms with van der Waals surface area (Å²) in [6, 6.07) is 29.7. The van der Waals surface area contributed by atoms with Crippen LogP contribution in [-0.2, 0) is 6.42 Å². The van der Waals surface area contributed by atoms with Gasteiger partial charge in [-0.25, -0.2) is 0 Å². The molecule has 39 heavy (non-hydrogen) atoms. The molecule has 4 heterocycles. The van der Waals surface area contributed by atoms with Crippen LogP contribution in [0.25, 0.3) is 69.5 Å². The molecule has 9 rings (SSSR count). The Hall–Kier alpha value is -3.95. The molecule has 4 aromatic carbocycles. The van der Waals surface area contributed by atoms with Crippen molar-refractivity contribution < 1.29 is 0 Å². The largest absolute Gasteiger partial charge is 0.308 e. The molecule has 2 nitrogen and oxygen atoms in total. The first kappa shape index (κ1) is 21.9. The average Bonchev–Trinajstić information content (AvgIpc) is 3.74. The number of hydrogen-bond donors (Lipinski definition) is 0. The van der Waals surface area contributed by atoms with E-state index in [9.17, 15) is 0 Å². The van der Waals surface area contributed by atoms with Crippen molar-refractivity contribution in [2.24, 2.45) is 5.92 Å². The van der Waals surface area contributed by atoms with Crippen LogP contribution in [0.15, 0.2) is 85.1 Å². The van der Waals surface area contributed by atoms with Crippen molar-refractivity contribution >= 4 is 69.6 Å². The van der Waals surface area contributed by atoms with Crippen LogP contribution in [0.4, 0.5) is 0 Å². The molecule has 3 heteroatoms. The highest BCUT2D eigenvalue weighted by Gasteiger charge is 2.25. The lowest BCUT2D eigenvalue weighted by Crippen LogP contribution is -1.99. The summed E-state index contributed by atoms with van der Waals surface area (Å²) in [6.45, 7) is 2.09. The van der Waals surface area contributed by atoms with Gasteiger partial charge in [0.15, 0.2) is 0 Å². The van der Waals surface area contributed by atoms with Crippen LogP contribution < -0.4 is 0 Å². The predicted molar refractivity (Wildman–Crippen MR) is 168 cm³/mol. The number of nitrogens with zero attached hydrogens (tertiary/aromatic N) is 2. The molecule has 0 N–H and O–H groups in total. The Morgan fingerprint density at radius 3 is 2.56 bits per heavy atom. The number of aryl methyl sites for hydroxylation is 1. The van der Waals surface area contributed by atoms with Crippen molar-refractivity contribution in [3.8, 4) is 11.3 Å². The third-order valence-electron chi connectivity index (χ3n) is 9.20. The van der Waals surface area contributed by atoms with E-state index in [1.807, 2.05) is 17.5 Å². The van der Waals surface area contributed by atoms with Crippen molar-refractivity contribution in [3.63, 3.8) is 0 Å². The summed E-state index contributed by atoms with van der Waals surface area (Å²) in [7, 11) is 0. The summed E-state index contributed by atoms with van der Waals surface area (Å²) < 4.78 is 5.32. The lowest BCUT2D eigenvalue weighted by atomic mass is 9.93. The molecule has 0 atom stereocenters. The minimum absolute atomic E-state index is 0.818. The van der Waals surface area contributed by atoms with E-state index in [0.717, 1.165) is 11.6 Å². The molecule has 1 saturated carbocycles. The molecule has 1 aliphatic rings. The molecule has 1 aliphatic carbocycles. The Morgan fingerprint density at radius 1 is 0.795 bits per heavy atom. The lowest BCUT2D eigenvalue weighted by molar-refractivity contribution is 0.548. The van der Waals surface area contributed by atoms with Gasteiger partial charge in [-0.05, 0) is 66.8 Å². The second-order valence-corrected chi connectivity index (χ2v) is 12.6. The highest BCUT2D eigenvalue weighted by Crippen LogP contribution is 2.48. The zero-order valence-corrected chi connectivity index (χ0v) is 22.8. The van der Waals surface area contributed by atoms with Crippen molar-refractivity contribution in [3.05, 3.63) is 96.2 Å². The first-order valence-electron chi connectivity index (χ1n) is 14.2. The van der Waals surface area contributed by atoms with Gasteiger partial charge in [0.05, 0.1) is 22.2 Å². The normalized spacial score (nSPS) is 14.9. The molecule has 0 aliphatic heterocycles. The molecule has 1 fully saturated rings. The molecule has 0 unspecified atom stereocenters. The van der Waals surface area contributed by atoms with Gasteiger partial charge in [0.2, 0.25) is 0 Å². The summed E-state index contributed by atoms with van der Waals surface area (Å²) in [4.78, 5) is 4.76. The molecular formula is C36H28N2S. The van der Waals surface area contributed by atoms with Crippen molar-refractivity contribution in [2.45, 2.75) is 39.0 Å². The summed E-state index contributed by atoms with van der Waals surface area (Å²) in [5.74, 6) is 0.818. The Labute approximate surface area is 230 Å². The molecule has 8 aromatic rings. The minimum atomic E-state index is 0.818. The smallest absolute Gasteiger partial charge is 0.0702 e. The van der Waals surface area contributed by atoms with Crippen molar-refractivity contribution in [2.75, 3.05) is 0 Å². The van der Waals surface area contributed by atoms with Gasteiger partial charge in [-0.1, -0.05) is 68.1 Å². The quantitative estimate of drug-likeness (QED) is 0.226. The maximum absolute atomic E-state index is 4.76. The van der Waals surface area contributed by atoms with Gasteiger partial charge in [-0.3, -0.25) is 4.98 Å². The van der Waals surface area contributed by atoms with Crippen molar-refractivity contribution in [1.82, 2.24) is 9.38 Å². The molecule has 0 radical (unpaired) electrons. The van der Waals surface area contributed by atoms with Crippen LogP contribution in [0, 0.1) is 12.8 Å². The fourth-order valence-electron chi connectivity index (χ4n) is 7.40. The SMILES string of the molecule is Cc1ccc(-c2ccc3c(c2)c2c4sc5ccccc5c4cc4c5c(CC6CCCC6)cccc5n3c42)nc1. The van der Waals surface area contributed by atoms with Gasteiger partial charge in [0, 0.05) is 53.5 Å². The van der Waals surface area contributed by atoms with Gasteiger partial charge in [-0.2, -0.15) is 0 Å². The van der Waals surface area contributed by atoms with Gasteiger partial charge in [0.1, 0.15) is 0 Å². The van der Waals surface area contributed by atoms with E-state index in [4.69, 9.17) is 4.98 Å². The lowest BCUT2D eigenvalue weighted by Gasteiger charge is -2.11. The van der Waals surface area contributed by atoms with Crippen LogP contribution in [0.3, 0.4) is 0 Å². The molecule has 4 aromatic heterocycles. The van der Waals surface area contributed by atoms with Gasteiger partial charge >= 0.3 is 0 Å². The van der Waals surface area contributed by atoms with E-state index >= 15 is 0 Å². The molecule has 188 valence electrons. The summed E-state index contributed by atoms with van der Waals surface area (Å²) in [5.41, 5.74) is 8.95. The highest BCUT2D eigenvalue weighted by molar-refractivity contribution is 7.26. The number of hydrogen-bond acceptors (Lipinski definition) is 2.